The molecule has 0 bridgehead atoms. The van der Waals surface area contributed by atoms with Gasteiger partial charge < -0.3 is 14.8 Å². The zero-order valence-corrected chi connectivity index (χ0v) is 12.2. The van der Waals surface area contributed by atoms with Crippen molar-refractivity contribution in [2.24, 2.45) is 0 Å². The van der Waals surface area contributed by atoms with Crippen molar-refractivity contribution in [3.8, 4) is 17.2 Å². The van der Waals surface area contributed by atoms with Gasteiger partial charge in [-0.15, -0.1) is 0 Å². The highest BCUT2D eigenvalue weighted by atomic mass is 16.5. The Morgan fingerprint density at radius 2 is 1.65 bits per heavy atom. The maximum Gasteiger partial charge on any atom is 0.127 e. The summed E-state index contributed by atoms with van der Waals surface area (Å²) in [5.41, 5.74) is 1.21. The van der Waals surface area contributed by atoms with Crippen molar-refractivity contribution in [3.63, 3.8) is 0 Å². The fourth-order valence-corrected chi connectivity index (χ4v) is 1.82. The highest BCUT2D eigenvalue weighted by Crippen LogP contribution is 2.24. The molecule has 0 saturated heterocycles. The third kappa shape index (κ3) is 4.28. The van der Waals surface area contributed by atoms with Crippen LogP contribution in [0.2, 0.25) is 0 Å². The molecule has 2 aromatic carbocycles. The lowest BCUT2D eigenvalue weighted by Gasteiger charge is -2.10. The van der Waals surface area contributed by atoms with Crippen LogP contribution in [0.5, 0.6) is 17.2 Å². The van der Waals surface area contributed by atoms with Gasteiger partial charge in [-0.25, -0.2) is 0 Å². The van der Waals surface area contributed by atoms with E-state index in [0.717, 1.165) is 23.8 Å². The smallest absolute Gasteiger partial charge is 0.127 e. The van der Waals surface area contributed by atoms with E-state index in [0.29, 0.717) is 6.04 Å². The Morgan fingerprint density at radius 1 is 0.950 bits per heavy atom. The van der Waals surface area contributed by atoms with Crippen LogP contribution in [-0.4, -0.2) is 13.2 Å². The highest BCUT2D eigenvalue weighted by molar-refractivity contribution is 5.36. The van der Waals surface area contributed by atoms with Crippen LogP contribution in [0.1, 0.15) is 19.4 Å². The Morgan fingerprint density at radius 3 is 2.30 bits per heavy atom. The number of hydrogen-bond donors (Lipinski definition) is 1. The van der Waals surface area contributed by atoms with Gasteiger partial charge in [0.1, 0.15) is 17.2 Å². The molecule has 0 amide bonds. The van der Waals surface area contributed by atoms with E-state index in [2.05, 4.69) is 31.3 Å². The van der Waals surface area contributed by atoms with Crippen molar-refractivity contribution in [1.82, 2.24) is 5.32 Å². The van der Waals surface area contributed by atoms with Gasteiger partial charge in [0.25, 0.3) is 0 Å². The number of nitrogens with one attached hydrogen (secondary N) is 1. The summed E-state index contributed by atoms with van der Waals surface area (Å²) in [6, 6.07) is 16.2. The highest BCUT2D eigenvalue weighted by Gasteiger charge is 2.01. The van der Waals surface area contributed by atoms with Gasteiger partial charge in [0.2, 0.25) is 0 Å². The predicted molar refractivity (Wildman–Crippen MR) is 81.5 cm³/mol. The van der Waals surface area contributed by atoms with Crippen molar-refractivity contribution in [2.75, 3.05) is 7.11 Å². The fraction of sp³-hybridized carbons (Fsp3) is 0.294. The molecule has 0 aliphatic heterocycles. The molecule has 0 atom stereocenters. The molecule has 106 valence electrons. The molecule has 2 rings (SSSR count). The Kier molecular flexibility index (Phi) is 5.02. The molecule has 2 aromatic rings. The predicted octanol–water partition coefficient (Wildman–Crippen LogP) is 3.99. The topological polar surface area (TPSA) is 30.5 Å². The molecule has 1 N–H and O–H groups in total. The molecule has 0 unspecified atom stereocenters. The second-order valence-electron chi connectivity index (χ2n) is 4.96. The van der Waals surface area contributed by atoms with Gasteiger partial charge in [0, 0.05) is 12.6 Å². The van der Waals surface area contributed by atoms with E-state index in [4.69, 9.17) is 9.47 Å². The Hall–Kier alpha value is -2.00. The van der Waals surface area contributed by atoms with Crippen LogP contribution >= 0.6 is 0 Å². The average Bonchev–Trinajstić information content (AvgIpc) is 2.46. The molecule has 20 heavy (non-hydrogen) atoms. The summed E-state index contributed by atoms with van der Waals surface area (Å²) in [7, 11) is 1.65. The summed E-state index contributed by atoms with van der Waals surface area (Å²) < 4.78 is 11.0. The normalized spacial score (nSPS) is 10.6. The summed E-state index contributed by atoms with van der Waals surface area (Å²) in [6.45, 7) is 5.12. The maximum absolute atomic E-state index is 5.84. The van der Waals surface area contributed by atoms with Gasteiger partial charge in [-0.1, -0.05) is 26.0 Å². The molecule has 0 radical (unpaired) electrons. The summed E-state index contributed by atoms with van der Waals surface area (Å²) in [5.74, 6) is 2.48. The Bertz CT molecular complexity index is 535. The summed E-state index contributed by atoms with van der Waals surface area (Å²) in [5, 5.41) is 3.40. The lowest BCUT2D eigenvalue weighted by molar-refractivity contribution is 0.413. The van der Waals surface area contributed by atoms with Crippen LogP contribution in [-0.2, 0) is 6.54 Å². The lowest BCUT2D eigenvalue weighted by Crippen LogP contribution is -2.21. The zero-order valence-electron chi connectivity index (χ0n) is 12.2. The van der Waals surface area contributed by atoms with Crippen LogP contribution in [0.4, 0.5) is 0 Å². The van der Waals surface area contributed by atoms with E-state index in [1.54, 1.807) is 7.11 Å². The van der Waals surface area contributed by atoms with E-state index in [1.165, 1.54) is 5.56 Å². The monoisotopic (exact) mass is 271 g/mol. The SMILES string of the molecule is COc1ccc(Oc2cccc(CNC(C)C)c2)cc1. The van der Waals surface area contributed by atoms with Crippen LogP contribution in [0.15, 0.2) is 48.5 Å². The Balaban J connectivity index is 2.02. The van der Waals surface area contributed by atoms with Gasteiger partial charge in [0.05, 0.1) is 7.11 Å². The standard InChI is InChI=1S/C17H21NO2/c1-13(2)18-12-14-5-4-6-17(11-14)20-16-9-7-15(19-3)8-10-16/h4-11,13,18H,12H2,1-3H3. The largest absolute Gasteiger partial charge is 0.497 e. The average molecular weight is 271 g/mol. The molecule has 0 fully saturated rings. The summed E-state index contributed by atoms with van der Waals surface area (Å²) in [6.07, 6.45) is 0. The third-order valence-electron chi connectivity index (χ3n) is 2.91. The number of hydrogen-bond acceptors (Lipinski definition) is 3. The Labute approximate surface area is 120 Å². The van der Waals surface area contributed by atoms with E-state index < -0.39 is 0 Å². The summed E-state index contributed by atoms with van der Waals surface area (Å²) in [4.78, 5) is 0. The van der Waals surface area contributed by atoms with Crippen molar-refractivity contribution in [2.45, 2.75) is 26.4 Å². The fourth-order valence-electron chi connectivity index (χ4n) is 1.82. The minimum Gasteiger partial charge on any atom is -0.497 e. The number of methoxy groups -OCH3 is 1. The van der Waals surface area contributed by atoms with Crippen LogP contribution < -0.4 is 14.8 Å². The minimum atomic E-state index is 0.473. The molecule has 0 aliphatic rings. The van der Waals surface area contributed by atoms with Crippen molar-refractivity contribution < 1.29 is 9.47 Å². The van der Waals surface area contributed by atoms with E-state index in [-0.39, 0.29) is 0 Å². The number of ether oxygens (including phenoxy) is 2. The molecule has 0 aromatic heterocycles. The second-order valence-corrected chi connectivity index (χ2v) is 4.96. The van der Waals surface area contributed by atoms with Crippen LogP contribution in [0.25, 0.3) is 0 Å². The summed E-state index contributed by atoms with van der Waals surface area (Å²) >= 11 is 0. The first-order chi connectivity index (χ1) is 9.67. The van der Waals surface area contributed by atoms with Crippen LogP contribution in [0.3, 0.4) is 0 Å². The van der Waals surface area contributed by atoms with Crippen molar-refractivity contribution in [1.29, 1.82) is 0 Å². The second kappa shape index (κ2) is 6.96. The van der Waals surface area contributed by atoms with Gasteiger partial charge in [-0.2, -0.15) is 0 Å². The van der Waals surface area contributed by atoms with Gasteiger partial charge in [0.15, 0.2) is 0 Å². The zero-order chi connectivity index (χ0) is 14.4. The number of rotatable bonds is 6. The van der Waals surface area contributed by atoms with Crippen molar-refractivity contribution >= 4 is 0 Å². The van der Waals surface area contributed by atoms with Crippen molar-refractivity contribution in [3.05, 3.63) is 54.1 Å². The number of benzene rings is 2. The maximum atomic E-state index is 5.84. The van der Waals surface area contributed by atoms with Gasteiger partial charge in [-0.3, -0.25) is 0 Å². The lowest BCUT2D eigenvalue weighted by atomic mass is 10.2. The minimum absolute atomic E-state index is 0.473. The first-order valence-corrected chi connectivity index (χ1v) is 6.81. The first-order valence-electron chi connectivity index (χ1n) is 6.81. The van der Waals surface area contributed by atoms with Crippen LogP contribution in [0, 0.1) is 0 Å². The van der Waals surface area contributed by atoms with E-state index >= 15 is 0 Å². The molecular weight excluding hydrogens is 250 g/mol. The molecule has 0 heterocycles. The van der Waals surface area contributed by atoms with Gasteiger partial charge in [-0.05, 0) is 42.0 Å². The molecule has 0 saturated carbocycles. The molecule has 0 aliphatic carbocycles. The molecule has 0 spiro atoms. The molecular formula is C17H21NO2. The molecule has 3 heteroatoms. The third-order valence-corrected chi connectivity index (χ3v) is 2.91. The first kappa shape index (κ1) is 14.4. The van der Waals surface area contributed by atoms with Gasteiger partial charge >= 0.3 is 0 Å². The molecule has 3 nitrogen and oxygen atoms in total. The van der Waals surface area contributed by atoms with E-state index in [9.17, 15) is 0 Å². The quantitative estimate of drug-likeness (QED) is 0.862. The van der Waals surface area contributed by atoms with E-state index in [1.807, 2.05) is 36.4 Å².